The monoisotopic (exact) mass is 395 g/mol. The van der Waals surface area contributed by atoms with Crippen molar-refractivity contribution in [2.45, 2.75) is 19.4 Å². The van der Waals surface area contributed by atoms with Crippen molar-refractivity contribution in [2.75, 3.05) is 26.9 Å². The van der Waals surface area contributed by atoms with Crippen LogP contribution in [0.2, 0.25) is 0 Å². The van der Waals surface area contributed by atoms with E-state index in [4.69, 9.17) is 9.47 Å². The van der Waals surface area contributed by atoms with E-state index in [1.54, 1.807) is 31.4 Å². The van der Waals surface area contributed by atoms with Crippen molar-refractivity contribution in [3.8, 4) is 5.75 Å². The molecule has 0 aliphatic carbocycles. The van der Waals surface area contributed by atoms with E-state index in [2.05, 4.69) is 0 Å². The number of methoxy groups -OCH3 is 1. The van der Waals surface area contributed by atoms with E-state index in [0.717, 1.165) is 5.56 Å². The van der Waals surface area contributed by atoms with E-state index in [-0.39, 0.29) is 11.3 Å². The number of benzene rings is 2. The van der Waals surface area contributed by atoms with Crippen molar-refractivity contribution < 1.29 is 24.2 Å². The molecule has 0 bridgehead atoms. The number of aliphatic hydroxyl groups excluding tert-OH is 1. The predicted molar refractivity (Wildman–Crippen MR) is 110 cm³/mol. The predicted octanol–water partition coefficient (Wildman–Crippen LogP) is 3.54. The second-order valence-corrected chi connectivity index (χ2v) is 6.68. The molecular formula is C23H25NO5. The molecule has 6 nitrogen and oxygen atoms in total. The highest BCUT2D eigenvalue weighted by Gasteiger charge is 2.45. The van der Waals surface area contributed by atoms with Crippen LogP contribution < -0.4 is 4.74 Å². The summed E-state index contributed by atoms with van der Waals surface area (Å²) >= 11 is 0. The van der Waals surface area contributed by atoms with Gasteiger partial charge in [0.2, 0.25) is 0 Å². The lowest BCUT2D eigenvalue weighted by atomic mass is 9.95. The third-order valence-corrected chi connectivity index (χ3v) is 4.91. The van der Waals surface area contributed by atoms with Gasteiger partial charge >= 0.3 is 0 Å². The second-order valence-electron chi connectivity index (χ2n) is 6.68. The number of ether oxygens (including phenoxy) is 2. The first-order chi connectivity index (χ1) is 14.1. The van der Waals surface area contributed by atoms with Gasteiger partial charge < -0.3 is 19.5 Å². The summed E-state index contributed by atoms with van der Waals surface area (Å²) in [5, 5.41) is 10.9. The maximum atomic E-state index is 12.9. The molecule has 0 aromatic heterocycles. The summed E-state index contributed by atoms with van der Waals surface area (Å²) in [7, 11) is 1.55. The number of aliphatic hydroxyl groups is 1. The van der Waals surface area contributed by atoms with Crippen molar-refractivity contribution in [3.63, 3.8) is 0 Å². The van der Waals surface area contributed by atoms with E-state index < -0.39 is 17.7 Å². The lowest BCUT2D eigenvalue weighted by Crippen LogP contribution is -2.31. The molecule has 1 fully saturated rings. The maximum absolute atomic E-state index is 12.9. The average molecular weight is 395 g/mol. The van der Waals surface area contributed by atoms with Gasteiger partial charge in [-0.2, -0.15) is 0 Å². The largest absolute Gasteiger partial charge is 0.507 e. The number of carbonyl (C=O) groups is 2. The number of nitrogens with zero attached hydrogens (tertiary/aromatic N) is 1. The summed E-state index contributed by atoms with van der Waals surface area (Å²) in [6.45, 7) is 3.37. The minimum atomic E-state index is -0.677. The molecule has 1 atom stereocenters. The quantitative estimate of drug-likeness (QED) is 0.320. The number of rotatable bonds is 8. The van der Waals surface area contributed by atoms with Crippen molar-refractivity contribution in [1.29, 1.82) is 0 Å². The molecule has 0 saturated carbocycles. The van der Waals surface area contributed by atoms with Crippen LogP contribution in [0.1, 0.15) is 30.5 Å². The van der Waals surface area contributed by atoms with Gasteiger partial charge in [0.25, 0.3) is 11.7 Å². The zero-order chi connectivity index (χ0) is 20.8. The lowest BCUT2D eigenvalue weighted by molar-refractivity contribution is -0.140. The summed E-state index contributed by atoms with van der Waals surface area (Å²) in [5.41, 5.74) is 1.33. The minimum absolute atomic E-state index is 0.0998. The Kier molecular flexibility index (Phi) is 6.67. The van der Waals surface area contributed by atoms with Gasteiger partial charge in [0.1, 0.15) is 11.5 Å². The molecule has 2 aromatic carbocycles. The lowest BCUT2D eigenvalue weighted by Gasteiger charge is -2.25. The molecule has 1 aliphatic heterocycles. The van der Waals surface area contributed by atoms with Crippen LogP contribution in [-0.4, -0.2) is 48.6 Å². The van der Waals surface area contributed by atoms with Crippen LogP contribution in [0.5, 0.6) is 5.75 Å². The summed E-state index contributed by atoms with van der Waals surface area (Å²) in [6.07, 6.45) is 0.604. The van der Waals surface area contributed by atoms with Gasteiger partial charge in [0.05, 0.1) is 18.7 Å². The van der Waals surface area contributed by atoms with E-state index >= 15 is 0 Å². The highest BCUT2D eigenvalue weighted by Crippen LogP contribution is 2.39. The third kappa shape index (κ3) is 4.32. The van der Waals surface area contributed by atoms with Crippen LogP contribution >= 0.6 is 0 Å². The Morgan fingerprint density at radius 1 is 1.07 bits per heavy atom. The second kappa shape index (κ2) is 9.39. The van der Waals surface area contributed by atoms with E-state index in [1.165, 1.54) is 4.90 Å². The van der Waals surface area contributed by atoms with Crippen LogP contribution in [0, 0.1) is 0 Å². The Balaban J connectivity index is 2.02. The smallest absolute Gasteiger partial charge is 0.295 e. The molecule has 1 unspecified atom stereocenters. The molecular weight excluding hydrogens is 370 g/mol. The first kappa shape index (κ1) is 20.6. The van der Waals surface area contributed by atoms with Gasteiger partial charge in [-0.1, -0.05) is 30.3 Å². The molecule has 0 spiro atoms. The van der Waals surface area contributed by atoms with Crippen LogP contribution in [-0.2, 0) is 14.3 Å². The van der Waals surface area contributed by atoms with Gasteiger partial charge in [-0.15, -0.1) is 0 Å². The van der Waals surface area contributed by atoms with E-state index in [0.29, 0.717) is 37.5 Å². The SMILES string of the molecule is CCOCCCN1C(=O)C(=O)C(=C(O)c2ccc(OC)cc2)C1c1ccccc1. The molecule has 29 heavy (non-hydrogen) atoms. The van der Waals surface area contributed by atoms with Crippen molar-refractivity contribution in [3.05, 3.63) is 71.3 Å². The zero-order valence-electron chi connectivity index (χ0n) is 16.6. The molecule has 3 rings (SSSR count). The summed E-state index contributed by atoms with van der Waals surface area (Å²) in [4.78, 5) is 27.2. The normalized spacial score (nSPS) is 18.3. The number of amides is 1. The third-order valence-electron chi connectivity index (χ3n) is 4.91. The zero-order valence-corrected chi connectivity index (χ0v) is 16.6. The minimum Gasteiger partial charge on any atom is -0.507 e. The highest BCUT2D eigenvalue weighted by atomic mass is 16.5. The Morgan fingerprint density at radius 3 is 2.38 bits per heavy atom. The number of ketones is 1. The molecule has 1 aliphatic rings. The first-order valence-electron chi connectivity index (χ1n) is 9.64. The number of hydrogen-bond donors (Lipinski definition) is 1. The van der Waals surface area contributed by atoms with Crippen molar-refractivity contribution >= 4 is 17.4 Å². The molecule has 6 heteroatoms. The summed E-state index contributed by atoms with van der Waals surface area (Å²) in [6, 6.07) is 15.4. The Morgan fingerprint density at radius 2 is 1.76 bits per heavy atom. The standard InChI is InChI=1S/C23H25NO5/c1-3-29-15-7-14-24-20(16-8-5-4-6-9-16)19(22(26)23(24)27)21(25)17-10-12-18(28-2)13-11-17/h4-6,8-13,20,25H,3,7,14-15H2,1-2H3. The molecule has 152 valence electrons. The number of Topliss-reactive ketones (excluding diaryl/α,β-unsaturated/α-hetero) is 1. The molecule has 2 aromatic rings. The van der Waals surface area contributed by atoms with E-state index in [9.17, 15) is 14.7 Å². The first-order valence-corrected chi connectivity index (χ1v) is 9.64. The molecule has 1 amide bonds. The van der Waals surface area contributed by atoms with Crippen LogP contribution in [0.15, 0.2) is 60.2 Å². The van der Waals surface area contributed by atoms with Gasteiger partial charge in [0, 0.05) is 25.3 Å². The molecule has 1 saturated heterocycles. The molecule has 1 N–H and O–H groups in total. The Hall–Kier alpha value is -3.12. The fourth-order valence-electron chi connectivity index (χ4n) is 3.48. The number of hydrogen-bond acceptors (Lipinski definition) is 5. The Labute approximate surface area is 170 Å². The van der Waals surface area contributed by atoms with Gasteiger partial charge in [-0.25, -0.2) is 0 Å². The Bertz CT molecular complexity index is 889. The van der Waals surface area contributed by atoms with Gasteiger partial charge in [-0.05, 0) is 43.2 Å². The highest BCUT2D eigenvalue weighted by molar-refractivity contribution is 6.46. The fourth-order valence-corrected chi connectivity index (χ4v) is 3.48. The molecule has 0 radical (unpaired) electrons. The van der Waals surface area contributed by atoms with Gasteiger partial charge in [-0.3, -0.25) is 9.59 Å². The summed E-state index contributed by atoms with van der Waals surface area (Å²) in [5.74, 6) is -0.835. The number of carbonyl (C=O) groups excluding carboxylic acids is 2. The van der Waals surface area contributed by atoms with Crippen molar-refractivity contribution in [2.24, 2.45) is 0 Å². The summed E-state index contributed by atoms with van der Waals surface area (Å²) < 4.78 is 10.5. The van der Waals surface area contributed by atoms with Crippen LogP contribution in [0.4, 0.5) is 0 Å². The maximum Gasteiger partial charge on any atom is 0.295 e. The van der Waals surface area contributed by atoms with Gasteiger partial charge in [0.15, 0.2) is 0 Å². The fraction of sp³-hybridized carbons (Fsp3) is 0.304. The average Bonchev–Trinajstić information content (AvgIpc) is 3.01. The van der Waals surface area contributed by atoms with Crippen molar-refractivity contribution in [1.82, 2.24) is 4.90 Å². The van der Waals surface area contributed by atoms with Crippen LogP contribution in [0.25, 0.3) is 5.76 Å². The number of likely N-dealkylation sites (tertiary alicyclic amines) is 1. The topological polar surface area (TPSA) is 76.1 Å². The molecule has 1 heterocycles. The van der Waals surface area contributed by atoms with Crippen LogP contribution in [0.3, 0.4) is 0 Å². The van der Waals surface area contributed by atoms with E-state index in [1.807, 2.05) is 37.3 Å².